The topological polar surface area (TPSA) is 61.4 Å². The SMILES string of the molecule is Cc1ccccc1C(=O)Nc1cc(N2CCN(Cc3ccccc3)CC2)ncn1. The molecule has 2 heterocycles. The maximum atomic E-state index is 12.5. The largest absolute Gasteiger partial charge is 0.354 e. The standard InChI is InChI=1S/C23H25N5O/c1-18-7-5-6-10-20(18)23(29)26-21-15-22(25-17-24-21)28-13-11-27(12-14-28)16-19-8-3-2-4-9-19/h2-10,15,17H,11-14,16H2,1H3,(H,24,25,26,29). The summed E-state index contributed by atoms with van der Waals surface area (Å²) in [7, 11) is 0. The molecule has 0 unspecified atom stereocenters. The summed E-state index contributed by atoms with van der Waals surface area (Å²) >= 11 is 0. The molecule has 1 amide bonds. The summed E-state index contributed by atoms with van der Waals surface area (Å²) in [6, 6.07) is 19.9. The number of carbonyl (C=O) groups is 1. The van der Waals surface area contributed by atoms with Crippen LogP contribution in [-0.4, -0.2) is 47.0 Å². The first kappa shape index (κ1) is 19.1. The van der Waals surface area contributed by atoms with Crippen molar-refractivity contribution in [2.45, 2.75) is 13.5 Å². The normalized spacial score (nSPS) is 14.6. The number of aromatic nitrogens is 2. The molecule has 0 atom stereocenters. The lowest BCUT2D eigenvalue weighted by Crippen LogP contribution is -2.46. The van der Waals surface area contributed by atoms with Gasteiger partial charge < -0.3 is 10.2 Å². The van der Waals surface area contributed by atoms with E-state index in [0.29, 0.717) is 11.4 Å². The second-order valence-electron chi connectivity index (χ2n) is 7.28. The van der Waals surface area contributed by atoms with Crippen LogP contribution in [-0.2, 0) is 6.54 Å². The van der Waals surface area contributed by atoms with Gasteiger partial charge in [-0.2, -0.15) is 0 Å². The number of carbonyl (C=O) groups excluding carboxylic acids is 1. The van der Waals surface area contributed by atoms with Gasteiger partial charge in [-0.15, -0.1) is 0 Å². The average Bonchev–Trinajstić information content (AvgIpc) is 2.75. The highest BCUT2D eigenvalue weighted by Gasteiger charge is 2.19. The van der Waals surface area contributed by atoms with Crippen molar-refractivity contribution >= 4 is 17.5 Å². The van der Waals surface area contributed by atoms with Crippen LogP contribution >= 0.6 is 0 Å². The first-order valence-electron chi connectivity index (χ1n) is 9.89. The molecule has 1 aromatic heterocycles. The summed E-state index contributed by atoms with van der Waals surface area (Å²) in [4.78, 5) is 25.9. The molecule has 3 aromatic rings. The summed E-state index contributed by atoms with van der Waals surface area (Å²) < 4.78 is 0. The van der Waals surface area contributed by atoms with Gasteiger partial charge in [0.1, 0.15) is 18.0 Å². The molecule has 1 fully saturated rings. The molecule has 6 nitrogen and oxygen atoms in total. The Hall–Kier alpha value is -3.25. The first-order chi connectivity index (χ1) is 14.2. The Labute approximate surface area is 171 Å². The minimum Gasteiger partial charge on any atom is -0.354 e. The molecule has 148 valence electrons. The van der Waals surface area contributed by atoms with E-state index in [-0.39, 0.29) is 5.91 Å². The Morgan fingerprint density at radius 3 is 2.45 bits per heavy atom. The molecule has 1 N–H and O–H groups in total. The zero-order chi connectivity index (χ0) is 20.1. The van der Waals surface area contributed by atoms with Gasteiger partial charge in [0.15, 0.2) is 0 Å². The zero-order valence-corrected chi connectivity index (χ0v) is 16.6. The van der Waals surface area contributed by atoms with E-state index >= 15 is 0 Å². The van der Waals surface area contributed by atoms with Crippen molar-refractivity contribution in [1.82, 2.24) is 14.9 Å². The second-order valence-corrected chi connectivity index (χ2v) is 7.28. The molecule has 1 aliphatic heterocycles. The molecule has 1 aliphatic rings. The second kappa shape index (κ2) is 8.84. The lowest BCUT2D eigenvalue weighted by Gasteiger charge is -2.35. The molecule has 6 heteroatoms. The lowest BCUT2D eigenvalue weighted by atomic mass is 10.1. The van der Waals surface area contributed by atoms with Gasteiger partial charge in [-0.3, -0.25) is 9.69 Å². The molecule has 0 saturated carbocycles. The molecular weight excluding hydrogens is 362 g/mol. The van der Waals surface area contributed by atoms with Gasteiger partial charge >= 0.3 is 0 Å². The Balaban J connectivity index is 1.37. The highest BCUT2D eigenvalue weighted by Crippen LogP contribution is 2.18. The highest BCUT2D eigenvalue weighted by atomic mass is 16.1. The van der Waals surface area contributed by atoms with Crippen LogP contribution in [0.4, 0.5) is 11.6 Å². The van der Waals surface area contributed by atoms with E-state index in [1.807, 2.05) is 43.3 Å². The summed E-state index contributed by atoms with van der Waals surface area (Å²) in [5, 5.41) is 2.89. The van der Waals surface area contributed by atoms with Crippen molar-refractivity contribution < 1.29 is 4.79 Å². The molecule has 4 rings (SSSR count). The highest BCUT2D eigenvalue weighted by molar-refractivity contribution is 6.04. The van der Waals surface area contributed by atoms with Crippen LogP contribution in [0.15, 0.2) is 67.0 Å². The van der Waals surface area contributed by atoms with E-state index in [1.54, 1.807) is 0 Å². The third kappa shape index (κ3) is 4.78. The smallest absolute Gasteiger partial charge is 0.257 e. The Kier molecular flexibility index (Phi) is 5.81. The van der Waals surface area contributed by atoms with Crippen molar-refractivity contribution in [3.63, 3.8) is 0 Å². The van der Waals surface area contributed by atoms with Crippen molar-refractivity contribution in [1.29, 1.82) is 0 Å². The number of rotatable bonds is 5. The van der Waals surface area contributed by atoms with Gasteiger partial charge in [-0.25, -0.2) is 9.97 Å². The van der Waals surface area contributed by atoms with Gasteiger partial charge in [0.25, 0.3) is 5.91 Å². The van der Waals surface area contributed by atoms with Crippen LogP contribution in [0.25, 0.3) is 0 Å². The first-order valence-corrected chi connectivity index (χ1v) is 9.89. The van der Waals surface area contributed by atoms with Crippen molar-refractivity contribution in [3.8, 4) is 0 Å². The molecule has 1 saturated heterocycles. The minimum atomic E-state index is -0.152. The number of piperazine rings is 1. The van der Waals surface area contributed by atoms with Gasteiger partial charge in [-0.1, -0.05) is 48.5 Å². The van der Waals surface area contributed by atoms with Crippen molar-refractivity contribution in [2.24, 2.45) is 0 Å². The fraction of sp³-hybridized carbons (Fsp3) is 0.261. The van der Waals surface area contributed by atoms with Gasteiger partial charge in [0.05, 0.1) is 0 Å². The van der Waals surface area contributed by atoms with Crippen LogP contribution < -0.4 is 10.2 Å². The van der Waals surface area contributed by atoms with Crippen LogP contribution in [0.1, 0.15) is 21.5 Å². The Morgan fingerprint density at radius 2 is 1.69 bits per heavy atom. The van der Waals surface area contributed by atoms with Crippen LogP contribution in [0, 0.1) is 6.92 Å². The Bertz CT molecular complexity index is 968. The van der Waals surface area contributed by atoms with E-state index in [1.165, 1.54) is 11.9 Å². The van der Waals surface area contributed by atoms with Crippen molar-refractivity contribution in [2.75, 3.05) is 36.4 Å². The van der Waals surface area contributed by atoms with Gasteiger partial charge in [0, 0.05) is 44.4 Å². The molecule has 0 radical (unpaired) electrons. The molecule has 0 spiro atoms. The molecule has 2 aromatic carbocycles. The maximum absolute atomic E-state index is 12.5. The monoisotopic (exact) mass is 387 g/mol. The summed E-state index contributed by atoms with van der Waals surface area (Å²) in [5.74, 6) is 1.22. The fourth-order valence-corrected chi connectivity index (χ4v) is 3.58. The zero-order valence-electron chi connectivity index (χ0n) is 16.6. The third-order valence-corrected chi connectivity index (χ3v) is 5.23. The number of benzene rings is 2. The number of anilines is 2. The number of nitrogens with one attached hydrogen (secondary N) is 1. The quantitative estimate of drug-likeness (QED) is 0.727. The number of aryl methyl sites for hydroxylation is 1. The van der Waals surface area contributed by atoms with Crippen molar-refractivity contribution in [3.05, 3.63) is 83.7 Å². The van der Waals surface area contributed by atoms with E-state index in [4.69, 9.17) is 0 Å². The summed E-state index contributed by atoms with van der Waals surface area (Å²) in [5.41, 5.74) is 2.93. The number of nitrogens with zero attached hydrogens (tertiary/aromatic N) is 4. The van der Waals surface area contributed by atoms with E-state index in [2.05, 4.69) is 49.4 Å². The van der Waals surface area contributed by atoms with E-state index in [9.17, 15) is 4.79 Å². The average molecular weight is 387 g/mol. The molecular formula is C23H25N5O. The predicted molar refractivity (Wildman–Crippen MR) is 115 cm³/mol. The summed E-state index contributed by atoms with van der Waals surface area (Å²) in [6.45, 7) is 6.64. The number of amides is 1. The van der Waals surface area contributed by atoms with E-state index in [0.717, 1.165) is 44.1 Å². The lowest BCUT2D eigenvalue weighted by molar-refractivity contribution is 0.102. The van der Waals surface area contributed by atoms with Gasteiger partial charge in [-0.05, 0) is 24.1 Å². The van der Waals surface area contributed by atoms with Gasteiger partial charge in [0.2, 0.25) is 0 Å². The van der Waals surface area contributed by atoms with E-state index < -0.39 is 0 Å². The maximum Gasteiger partial charge on any atom is 0.257 e. The summed E-state index contributed by atoms with van der Waals surface area (Å²) in [6.07, 6.45) is 1.51. The molecule has 0 aliphatic carbocycles. The molecule has 29 heavy (non-hydrogen) atoms. The third-order valence-electron chi connectivity index (χ3n) is 5.23. The molecule has 0 bridgehead atoms. The fourth-order valence-electron chi connectivity index (χ4n) is 3.58. The van der Waals surface area contributed by atoms with Crippen LogP contribution in [0.3, 0.4) is 0 Å². The predicted octanol–water partition coefficient (Wildman–Crippen LogP) is 3.36. The number of hydrogen-bond acceptors (Lipinski definition) is 5. The Morgan fingerprint density at radius 1 is 0.966 bits per heavy atom. The van der Waals surface area contributed by atoms with Crippen LogP contribution in [0.2, 0.25) is 0 Å². The minimum absolute atomic E-state index is 0.152. The van der Waals surface area contributed by atoms with Crippen LogP contribution in [0.5, 0.6) is 0 Å². The number of hydrogen-bond donors (Lipinski definition) is 1.